The largest absolute Gasteiger partial charge is 0.490 e. The van der Waals surface area contributed by atoms with Crippen molar-refractivity contribution >= 4 is 5.91 Å². The van der Waals surface area contributed by atoms with Crippen LogP contribution in [0.3, 0.4) is 0 Å². The van der Waals surface area contributed by atoms with Crippen LogP contribution in [0.5, 0.6) is 5.75 Å². The molecule has 1 aromatic rings. The monoisotopic (exact) mass is 266 g/mol. The van der Waals surface area contributed by atoms with Crippen molar-refractivity contribution in [2.75, 3.05) is 6.61 Å². The van der Waals surface area contributed by atoms with E-state index in [1.165, 1.54) is 6.07 Å². The maximum atomic E-state index is 13.7. The average molecular weight is 266 g/mol. The van der Waals surface area contributed by atoms with Gasteiger partial charge in [0.25, 0.3) is 0 Å². The standard InChI is InChI=1S/C14H19FN2O2/c1-9(16)10-2-5-13(12(15)8-10)19-7-6-14(18)17-11-3-4-11/h2,5,8-9,11H,3-4,6-7,16H2,1H3,(H,17,18)/t9-/m1/s1. The van der Waals surface area contributed by atoms with Crippen LogP contribution >= 0.6 is 0 Å². The first-order valence-corrected chi connectivity index (χ1v) is 6.53. The van der Waals surface area contributed by atoms with Gasteiger partial charge in [0.05, 0.1) is 13.0 Å². The molecule has 0 unspecified atom stereocenters. The number of ether oxygens (including phenoxy) is 1. The summed E-state index contributed by atoms with van der Waals surface area (Å²) >= 11 is 0. The van der Waals surface area contributed by atoms with Crippen molar-refractivity contribution in [1.82, 2.24) is 5.32 Å². The molecule has 0 aromatic heterocycles. The maximum absolute atomic E-state index is 13.7. The van der Waals surface area contributed by atoms with Gasteiger partial charge in [-0.25, -0.2) is 4.39 Å². The number of rotatable bonds is 6. The molecule has 0 aliphatic heterocycles. The molecular weight excluding hydrogens is 247 g/mol. The van der Waals surface area contributed by atoms with E-state index in [-0.39, 0.29) is 30.7 Å². The zero-order chi connectivity index (χ0) is 13.8. The number of nitrogens with one attached hydrogen (secondary N) is 1. The van der Waals surface area contributed by atoms with Crippen molar-refractivity contribution in [3.63, 3.8) is 0 Å². The zero-order valence-corrected chi connectivity index (χ0v) is 11.0. The van der Waals surface area contributed by atoms with Gasteiger partial charge < -0.3 is 15.8 Å². The highest BCUT2D eigenvalue weighted by atomic mass is 19.1. The lowest BCUT2D eigenvalue weighted by molar-refractivity contribution is -0.121. The minimum atomic E-state index is -0.447. The summed E-state index contributed by atoms with van der Waals surface area (Å²) < 4.78 is 18.9. The molecule has 1 aromatic carbocycles. The molecule has 5 heteroatoms. The van der Waals surface area contributed by atoms with Crippen molar-refractivity contribution in [3.05, 3.63) is 29.6 Å². The minimum absolute atomic E-state index is 0.0462. The number of carbonyl (C=O) groups excluding carboxylic acids is 1. The fourth-order valence-corrected chi connectivity index (χ4v) is 1.70. The molecule has 1 amide bonds. The Labute approximate surface area is 112 Å². The molecule has 0 saturated heterocycles. The van der Waals surface area contributed by atoms with E-state index >= 15 is 0 Å². The summed E-state index contributed by atoms with van der Waals surface area (Å²) in [6.07, 6.45) is 2.35. The van der Waals surface area contributed by atoms with Gasteiger partial charge in [-0.3, -0.25) is 4.79 Å². The third-order valence-electron chi connectivity index (χ3n) is 3.01. The van der Waals surface area contributed by atoms with Crippen LogP contribution in [0.15, 0.2) is 18.2 Å². The fourth-order valence-electron chi connectivity index (χ4n) is 1.70. The fraction of sp³-hybridized carbons (Fsp3) is 0.500. The average Bonchev–Trinajstić information content (AvgIpc) is 3.14. The lowest BCUT2D eigenvalue weighted by Crippen LogP contribution is -2.26. The van der Waals surface area contributed by atoms with E-state index < -0.39 is 5.82 Å². The van der Waals surface area contributed by atoms with Crippen LogP contribution in [-0.4, -0.2) is 18.6 Å². The number of nitrogens with two attached hydrogens (primary N) is 1. The van der Waals surface area contributed by atoms with Gasteiger partial charge in [-0.15, -0.1) is 0 Å². The quantitative estimate of drug-likeness (QED) is 0.826. The highest BCUT2D eigenvalue weighted by Gasteiger charge is 2.22. The molecule has 4 nitrogen and oxygen atoms in total. The summed E-state index contributed by atoms with van der Waals surface area (Å²) in [6.45, 7) is 1.96. The summed E-state index contributed by atoms with van der Waals surface area (Å²) in [7, 11) is 0. The molecule has 1 aliphatic carbocycles. The second-order valence-corrected chi connectivity index (χ2v) is 4.92. The molecule has 0 heterocycles. The van der Waals surface area contributed by atoms with Gasteiger partial charge in [-0.05, 0) is 37.5 Å². The van der Waals surface area contributed by atoms with Crippen LogP contribution in [0.4, 0.5) is 4.39 Å². The third kappa shape index (κ3) is 4.21. The molecule has 1 saturated carbocycles. The van der Waals surface area contributed by atoms with Crippen molar-refractivity contribution < 1.29 is 13.9 Å². The van der Waals surface area contributed by atoms with Gasteiger partial charge in [0.2, 0.25) is 5.91 Å². The summed E-state index contributed by atoms with van der Waals surface area (Å²) in [5.74, 6) is -0.337. The number of carbonyl (C=O) groups is 1. The molecule has 1 atom stereocenters. The van der Waals surface area contributed by atoms with E-state index in [9.17, 15) is 9.18 Å². The number of amides is 1. The second kappa shape index (κ2) is 6.02. The Morgan fingerprint density at radius 1 is 1.58 bits per heavy atom. The van der Waals surface area contributed by atoms with E-state index in [0.717, 1.165) is 18.4 Å². The van der Waals surface area contributed by atoms with Crippen LogP contribution in [0, 0.1) is 5.82 Å². The van der Waals surface area contributed by atoms with Crippen LogP contribution < -0.4 is 15.8 Å². The SMILES string of the molecule is C[C@@H](N)c1ccc(OCCC(=O)NC2CC2)c(F)c1. The molecule has 19 heavy (non-hydrogen) atoms. The Kier molecular flexibility index (Phi) is 4.37. The predicted octanol–water partition coefficient (Wildman–Crippen LogP) is 1.89. The molecule has 0 bridgehead atoms. The molecule has 0 spiro atoms. The first kappa shape index (κ1) is 13.8. The highest BCUT2D eigenvalue weighted by molar-refractivity contribution is 5.76. The van der Waals surface area contributed by atoms with E-state index in [4.69, 9.17) is 10.5 Å². The van der Waals surface area contributed by atoms with Crippen LogP contribution in [0.2, 0.25) is 0 Å². The first-order valence-electron chi connectivity index (χ1n) is 6.53. The molecular formula is C14H19FN2O2. The molecule has 0 radical (unpaired) electrons. The lowest BCUT2D eigenvalue weighted by atomic mass is 10.1. The Morgan fingerprint density at radius 3 is 2.89 bits per heavy atom. The molecule has 104 valence electrons. The second-order valence-electron chi connectivity index (χ2n) is 4.92. The van der Waals surface area contributed by atoms with Gasteiger partial charge >= 0.3 is 0 Å². The lowest BCUT2D eigenvalue weighted by Gasteiger charge is -2.10. The maximum Gasteiger partial charge on any atom is 0.223 e. The van der Waals surface area contributed by atoms with Crippen LogP contribution in [0.25, 0.3) is 0 Å². The molecule has 3 N–H and O–H groups in total. The van der Waals surface area contributed by atoms with Crippen molar-refractivity contribution in [3.8, 4) is 5.75 Å². The number of benzene rings is 1. The topological polar surface area (TPSA) is 64.3 Å². The normalized spacial score (nSPS) is 15.9. The van der Waals surface area contributed by atoms with Gasteiger partial charge in [0.1, 0.15) is 0 Å². The smallest absolute Gasteiger partial charge is 0.223 e. The zero-order valence-electron chi connectivity index (χ0n) is 11.0. The van der Waals surface area contributed by atoms with Gasteiger partial charge in [0.15, 0.2) is 11.6 Å². The van der Waals surface area contributed by atoms with Gasteiger partial charge in [0, 0.05) is 12.1 Å². The summed E-state index contributed by atoms with van der Waals surface area (Å²) in [5, 5.41) is 2.85. The van der Waals surface area contributed by atoms with E-state index in [2.05, 4.69) is 5.32 Å². The predicted molar refractivity (Wildman–Crippen MR) is 70.3 cm³/mol. The van der Waals surface area contributed by atoms with Crippen LogP contribution in [-0.2, 0) is 4.79 Å². The number of hydrogen-bond donors (Lipinski definition) is 2. The Morgan fingerprint density at radius 2 is 2.32 bits per heavy atom. The van der Waals surface area contributed by atoms with Crippen molar-refractivity contribution in [2.45, 2.75) is 38.3 Å². The summed E-state index contributed by atoms with van der Waals surface area (Å²) in [6, 6.07) is 4.77. The summed E-state index contributed by atoms with van der Waals surface area (Å²) in [4.78, 5) is 11.4. The molecule has 1 fully saturated rings. The van der Waals surface area contributed by atoms with E-state index in [1.54, 1.807) is 19.1 Å². The van der Waals surface area contributed by atoms with E-state index in [1.807, 2.05) is 0 Å². The minimum Gasteiger partial charge on any atom is -0.490 e. The number of halogens is 1. The first-order chi connectivity index (χ1) is 9.06. The highest BCUT2D eigenvalue weighted by Crippen LogP contribution is 2.21. The number of hydrogen-bond acceptors (Lipinski definition) is 3. The van der Waals surface area contributed by atoms with Crippen molar-refractivity contribution in [2.24, 2.45) is 5.73 Å². The Hall–Kier alpha value is -1.62. The van der Waals surface area contributed by atoms with Crippen molar-refractivity contribution in [1.29, 1.82) is 0 Å². The van der Waals surface area contributed by atoms with Gasteiger partial charge in [-0.2, -0.15) is 0 Å². The summed E-state index contributed by atoms with van der Waals surface area (Å²) in [5.41, 5.74) is 6.38. The Bertz CT molecular complexity index is 459. The Balaban J connectivity index is 1.80. The molecule has 1 aliphatic rings. The van der Waals surface area contributed by atoms with E-state index in [0.29, 0.717) is 6.04 Å². The third-order valence-corrected chi connectivity index (χ3v) is 3.01. The van der Waals surface area contributed by atoms with Crippen LogP contribution in [0.1, 0.15) is 37.8 Å². The van der Waals surface area contributed by atoms with Gasteiger partial charge in [-0.1, -0.05) is 6.07 Å². The molecule has 2 rings (SSSR count).